The van der Waals surface area contributed by atoms with Crippen molar-refractivity contribution < 1.29 is 4.74 Å². The van der Waals surface area contributed by atoms with E-state index >= 15 is 0 Å². The molecule has 0 bridgehead atoms. The van der Waals surface area contributed by atoms with E-state index in [1.54, 1.807) is 0 Å². The third-order valence-corrected chi connectivity index (χ3v) is 4.50. The van der Waals surface area contributed by atoms with Crippen LogP contribution in [0.3, 0.4) is 0 Å². The summed E-state index contributed by atoms with van der Waals surface area (Å²) in [4.78, 5) is 0. The Kier molecular flexibility index (Phi) is 3.53. The third-order valence-electron chi connectivity index (χ3n) is 4.50. The van der Waals surface area contributed by atoms with Gasteiger partial charge >= 0.3 is 0 Å². The maximum Gasteiger partial charge on any atom is 0.124 e. The molecule has 104 valence electrons. The lowest BCUT2D eigenvalue weighted by atomic mass is 9.89. The number of ether oxygens (including phenoxy) is 1. The molecule has 1 N–H and O–H groups in total. The summed E-state index contributed by atoms with van der Waals surface area (Å²) < 4.78 is 6.08. The van der Waals surface area contributed by atoms with Gasteiger partial charge in [-0.2, -0.15) is 0 Å². The molecule has 3 rings (SSSR count). The highest BCUT2D eigenvalue weighted by Crippen LogP contribution is 2.39. The molecule has 0 amide bonds. The fraction of sp³-hybridized carbons (Fsp3) is 0.647. The smallest absolute Gasteiger partial charge is 0.124 e. The standard InChI is InChI=1S/C17H25NO/c1-17(2)11-15(18-12-13-7-3-4-8-13)14-9-5-6-10-16(14)19-17/h5-6,9-10,13,15,18H,3-4,7-8,11-12H2,1-2H3. The van der Waals surface area contributed by atoms with Crippen LogP contribution in [0, 0.1) is 5.92 Å². The van der Waals surface area contributed by atoms with Crippen LogP contribution in [0.4, 0.5) is 0 Å². The van der Waals surface area contributed by atoms with Crippen molar-refractivity contribution in [2.24, 2.45) is 5.92 Å². The number of fused-ring (bicyclic) bond motifs is 1. The van der Waals surface area contributed by atoms with Crippen LogP contribution in [-0.4, -0.2) is 12.1 Å². The summed E-state index contributed by atoms with van der Waals surface area (Å²) in [5, 5.41) is 3.80. The monoisotopic (exact) mass is 259 g/mol. The Balaban J connectivity index is 1.72. The molecule has 1 heterocycles. The van der Waals surface area contributed by atoms with Crippen LogP contribution in [0.25, 0.3) is 0 Å². The van der Waals surface area contributed by atoms with E-state index in [4.69, 9.17) is 4.74 Å². The van der Waals surface area contributed by atoms with Crippen molar-refractivity contribution >= 4 is 0 Å². The first kappa shape index (κ1) is 13.0. The largest absolute Gasteiger partial charge is 0.487 e. The number of hydrogen-bond acceptors (Lipinski definition) is 2. The van der Waals surface area contributed by atoms with Crippen LogP contribution in [0.15, 0.2) is 24.3 Å². The third kappa shape index (κ3) is 2.94. The van der Waals surface area contributed by atoms with E-state index in [1.807, 2.05) is 0 Å². The minimum absolute atomic E-state index is 0.0678. The topological polar surface area (TPSA) is 21.3 Å². The zero-order valence-electron chi connectivity index (χ0n) is 12.1. The highest BCUT2D eigenvalue weighted by molar-refractivity contribution is 5.38. The average molecular weight is 259 g/mol. The van der Waals surface area contributed by atoms with Crippen molar-refractivity contribution in [3.8, 4) is 5.75 Å². The number of benzene rings is 1. The van der Waals surface area contributed by atoms with E-state index in [-0.39, 0.29) is 5.60 Å². The van der Waals surface area contributed by atoms with Crippen molar-refractivity contribution in [2.75, 3.05) is 6.54 Å². The van der Waals surface area contributed by atoms with E-state index in [0.29, 0.717) is 6.04 Å². The SMILES string of the molecule is CC1(C)CC(NCC2CCCC2)c2ccccc2O1. The van der Waals surface area contributed by atoms with Gasteiger partial charge in [-0.1, -0.05) is 31.0 Å². The van der Waals surface area contributed by atoms with Gasteiger partial charge in [-0.15, -0.1) is 0 Å². The van der Waals surface area contributed by atoms with Crippen molar-refractivity contribution in [3.63, 3.8) is 0 Å². The molecule has 2 nitrogen and oxygen atoms in total. The first-order valence-electron chi connectivity index (χ1n) is 7.65. The van der Waals surface area contributed by atoms with Crippen LogP contribution >= 0.6 is 0 Å². The number of rotatable bonds is 3. The summed E-state index contributed by atoms with van der Waals surface area (Å²) in [5.74, 6) is 1.95. The molecular formula is C17H25NO. The van der Waals surface area contributed by atoms with Gasteiger partial charge in [0.05, 0.1) is 0 Å². The molecule has 1 aliphatic carbocycles. The predicted molar refractivity (Wildman–Crippen MR) is 78.5 cm³/mol. The van der Waals surface area contributed by atoms with Crippen LogP contribution in [-0.2, 0) is 0 Å². The first-order chi connectivity index (χ1) is 9.14. The van der Waals surface area contributed by atoms with Crippen LogP contribution in [0.2, 0.25) is 0 Å². The van der Waals surface area contributed by atoms with E-state index in [0.717, 1.165) is 24.6 Å². The molecule has 2 heteroatoms. The minimum atomic E-state index is -0.0678. The Labute approximate surface area is 116 Å². The molecule has 2 aliphatic rings. The second-order valence-corrected chi connectivity index (χ2v) is 6.72. The van der Waals surface area contributed by atoms with Crippen LogP contribution in [0.5, 0.6) is 5.75 Å². The second kappa shape index (κ2) is 5.16. The summed E-state index contributed by atoms with van der Waals surface area (Å²) in [7, 11) is 0. The van der Waals surface area contributed by atoms with Crippen LogP contribution < -0.4 is 10.1 Å². The number of hydrogen-bond donors (Lipinski definition) is 1. The van der Waals surface area contributed by atoms with Crippen molar-refractivity contribution in [3.05, 3.63) is 29.8 Å². The van der Waals surface area contributed by atoms with Crippen molar-refractivity contribution in [1.82, 2.24) is 5.32 Å². The highest BCUT2D eigenvalue weighted by atomic mass is 16.5. The lowest BCUT2D eigenvalue weighted by Crippen LogP contribution is -2.40. The van der Waals surface area contributed by atoms with Gasteiger partial charge in [0.25, 0.3) is 0 Å². The van der Waals surface area contributed by atoms with Gasteiger partial charge in [0, 0.05) is 18.0 Å². The fourth-order valence-corrected chi connectivity index (χ4v) is 3.51. The lowest BCUT2D eigenvalue weighted by Gasteiger charge is -2.38. The fourth-order valence-electron chi connectivity index (χ4n) is 3.51. The van der Waals surface area contributed by atoms with Gasteiger partial charge in [-0.3, -0.25) is 0 Å². The van der Waals surface area contributed by atoms with Gasteiger partial charge in [-0.05, 0) is 45.2 Å². The molecule has 0 saturated heterocycles. The van der Waals surface area contributed by atoms with Gasteiger partial charge in [-0.25, -0.2) is 0 Å². The zero-order valence-corrected chi connectivity index (χ0v) is 12.1. The zero-order chi connectivity index (χ0) is 13.3. The van der Waals surface area contributed by atoms with Gasteiger partial charge < -0.3 is 10.1 Å². The van der Waals surface area contributed by atoms with Gasteiger partial charge in [0.1, 0.15) is 11.4 Å². The molecule has 0 aromatic heterocycles. The molecule has 1 aromatic carbocycles. The normalized spacial score (nSPS) is 25.9. The summed E-state index contributed by atoms with van der Waals surface area (Å²) in [6, 6.07) is 8.93. The molecule has 1 aliphatic heterocycles. The Morgan fingerprint density at radius 2 is 1.95 bits per heavy atom. The van der Waals surface area contributed by atoms with Crippen LogP contribution in [0.1, 0.15) is 57.6 Å². The second-order valence-electron chi connectivity index (χ2n) is 6.72. The summed E-state index contributed by atoms with van der Waals surface area (Å²) in [5.41, 5.74) is 1.27. The maximum absolute atomic E-state index is 6.08. The van der Waals surface area contributed by atoms with Gasteiger partial charge in [0.2, 0.25) is 0 Å². The molecular weight excluding hydrogens is 234 g/mol. The molecule has 1 unspecified atom stereocenters. The Morgan fingerprint density at radius 3 is 2.74 bits per heavy atom. The average Bonchev–Trinajstić information content (AvgIpc) is 2.87. The van der Waals surface area contributed by atoms with E-state index in [1.165, 1.54) is 31.2 Å². The van der Waals surface area contributed by atoms with E-state index in [2.05, 4.69) is 43.4 Å². The molecule has 0 spiro atoms. The summed E-state index contributed by atoms with van der Waals surface area (Å²) in [6.07, 6.45) is 6.70. The molecule has 1 saturated carbocycles. The molecule has 0 radical (unpaired) electrons. The van der Waals surface area contributed by atoms with Crippen molar-refractivity contribution in [2.45, 2.75) is 57.6 Å². The Hall–Kier alpha value is -1.02. The number of para-hydroxylation sites is 1. The highest BCUT2D eigenvalue weighted by Gasteiger charge is 2.33. The van der Waals surface area contributed by atoms with Crippen molar-refractivity contribution in [1.29, 1.82) is 0 Å². The molecule has 1 atom stereocenters. The minimum Gasteiger partial charge on any atom is -0.487 e. The quantitative estimate of drug-likeness (QED) is 0.883. The van der Waals surface area contributed by atoms with E-state index < -0.39 is 0 Å². The lowest BCUT2D eigenvalue weighted by molar-refractivity contribution is 0.0653. The molecule has 1 aromatic rings. The summed E-state index contributed by atoms with van der Waals surface area (Å²) >= 11 is 0. The predicted octanol–water partition coefficient (Wildman–Crippen LogP) is 4.07. The number of nitrogens with one attached hydrogen (secondary N) is 1. The maximum atomic E-state index is 6.08. The van der Waals surface area contributed by atoms with Gasteiger partial charge in [0.15, 0.2) is 0 Å². The van der Waals surface area contributed by atoms with E-state index in [9.17, 15) is 0 Å². The molecule has 1 fully saturated rings. The Bertz CT molecular complexity index is 435. The first-order valence-corrected chi connectivity index (χ1v) is 7.65. The Morgan fingerprint density at radius 1 is 1.21 bits per heavy atom. The summed E-state index contributed by atoms with van der Waals surface area (Å²) in [6.45, 7) is 5.54. The molecule has 19 heavy (non-hydrogen) atoms.